The maximum absolute atomic E-state index is 14.0. The number of amides is 4. The van der Waals surface area contributed by atoms with E-state index in [2.05, 4.69) is 54.8 Å². The third-order valence-electron chi connectivity index (χ3n) is 11.4. The van der Waals surface area contributed by atoms with Crippen molar-refractivity contribution in [3.63, 3.8) is 0 Å². The summed E-state index contributed by atoms with van der Waals surface area (Å²) in [4.78, 5) is 41.4. The fourth-order valence-corrected chi connectivity index (χ4v) is 9.57. The quantitative estimate of drug-likeness (QED) is 0.489. The van der Waals surface area contributed by atoms with E-state index in [1.807, 2.05) is 27.7 Å². The number of carbonyl (C=O) groups excluding carboxylic acids is 3. The Balaban J connectivity index is 1.40. The van der Waals surface area contributed by atoms with Crippen molar-refractivity contribution in [2.24, 2.45) is 40.4 Å². The molecule has 3 aliphatic carbocycles. The molecule has 1 aromatic carbocycles. The molecule has 214 valence electrons. The van der Waals surface area contributed by atoms with Crippen molar-refractivity contribution in [1.82, 2.24) is 15.5 Å². The van der Waals surface area contributed by atoms with Crippen LogP contribution in [0.1, 0.15) is 92.1 Å². The van der Waals surface area contributed by atoms with Crippen LogP contribution in [0.15, 0.2) is 30.3 Å². The van der Waals surface area contributed by atoms with Gasteiger partial charge in [-0.15, -0.1) is 0 Å². The zero-order valence-corrected chi connectivity index (χ0v) is 24.8. The lowest BCUT2D eigenvalue weighted by Crippen LogP contribution is -2.65. The summed E-state index contributed by atoms with van der Waals surface area (Å²) in [5.41, 5.74) is 1.29. The highest BCUT2D eigenvalue weighted by Crippen LogP contribution is 2.66. The number of benzene rings is 1. The Hall–Kier alpha value is -2.37. The van der Waals surface area contributed by atoms with Gasteiger partial charge in [0.05, 0.1) is 0 Å². The molecule has 1 aromatic rings. The maximum atomic E-state index is 14.0. The first-order valence-electron chi connectivity index (χ1n) is 15.4. The lowest BCUT2D eigenvalue weighted by atomic mass is 9.44. The number of imide groups is 1. The highest BCUT2D eigenvalue weighted by atomic mass is 16.2. The average molecular weight is 536 g/mol. The van der Waals surface area contributed by atoms with E-state index >= 15 is 0 Å². The summed E-state index contributed by atoms with van der Waals surface area (Å²) in [7, 11) is 0. The van der Waals surface area contributed by atoms with E-state index in [9.17, 15) is 14.4 Å². The van der Waals surface area contributed by atoms with Crippen LogP contribution in [0, 0.1) is 40.4 Å². The van der Waals surface area contributed by atoms with Crippen molar-refractivity contribution in [3.8, 4) is 0 Å². The fourth-order valence-electron chi connectivity index (χ4n) is 9.57. The largest absolute Gasteiger partial charge is 0.353 e. The number of carbonyl (C=O) groups is 3. The minimum atomic E-state index is -0.263. The van der Waals surface area contributed by atoms with E-state index < -0.39 is 0 Å². The number of rotatable bonds is 5. The van der Waals surface area contributed by atoms with E-state index in [0.29, 0.717) is 30.1 Å². The first kappa shape index (κ1) is 28.2. The molecule has 0 radical (unpaired) electrons. The highest BCUT2D eigenvalue weighted by molar-refractivity contribution is 5.96. The molecule has 39 heavy (non-hydrogen) atoms. The molecular weight excluding hydrogens is 486 g/mol. The van der Waals surface area contributed by atoms with Crippen LogP contribution < -0.4 is 10.6 Å². The lowest BCUT2D eigenvalue weighted by Gasteiger charge is -2.62. The minimum absolute atomic E-state index is 0.00959. The number of nitrogens with zero attached hydrogens (tertiary/aromatic N) is 1. The van der Waals surface area contributed by atoms with Gasteiger partial charge in [0.2, 0.25) is 11.8 Å². The number of hydrogen-bond acceptors (Lipinski definition) is 3. The second-order valence-corrected chi connectivity index (χ2v) is 14.1. The Morgan fingerprint density at radius 3 is 2.38 bits per heavy atom. The lowest BCUT2D eigenvalue weighted by molar-refractivity contribution is -0.153. The molecule has 6 nitrogen and oxygen atoms in total. The van der Waals surface area contributed by atoms with Crippen LogP contribution in [0.5, 0.6) is 0 Å². The van der Waals surface area contributed by atoms with E-state index in [0.717, 1.165) is 44.9 Å². The summed E-state index contributed by atoms with van der Waals surface area (Å²) in [6, 6.07) is 10.5. The van der Waals surface area contributed by atoms with Gasteiger partial charge in [0.1, 0.15) is 0 Å². The van der Waals surface area contributed by atoms with Crippen molar-refractivity contribution in [1.29, 1.82) is 0 Å². The predicted octanol–water partition coefficient (Wildman–Crippen LogP) is 5.95. The zero-order valence-electron chi connectivity index (χ0n) is 24.8. The number of nitrogens with one attached hydrogen (secondary N) is 2. The molecule has 1 saturated heterocycles. The Bertz CT molecular complexity index is 1090. The number of hydrogen-bond donors (Lipinski definition) is 2. The van der Waals surface area contributed by atoms with Gasteiger partial charge < -0.3 is 10.6 Å². The topological polar surface area (TPSA) is 78.5 Å². The van der Waals surface area contributed by atoms with E-state index in [-0.39, 0.29) is 52.7 Å². The molecule has 1 aliphatic heterocycles. The molecule has 4 fully saturated rings. The monoisotopic (exact) mass is 535 g/mol. The van der Waals surface area contributed by atoms with Crippen molar-refractivity contribution in [2.75, 3.05) is 0 Å². The summed E-state index contributed by atoms with van der Waals surface area (Å²) in [5, 5.41) is 6.37. The molecule has 0 aromatic heterocycles. The summed E-state index contributed by atoms with van der Waals surface area (Å²) in [6.07, 6.45) is 7.72. The Kier molecular flexibility index (Phi) is 7.62. The Morgan fingerprint density at radius 1 is 1.00 bits per heavy atom. The molecule has 0 spiro atoms. The summed E-state index contributed by atoms with van der Waals surface area (Å²) in [6.45, 7) is 12.6. The molecule has 6 heteroatoms. The zero-order chi connectivity index (χ0) is 28.1. The van der Waals surface area contributed by atoms with E-state index in [4.69, 9.17) is 0 Å². The van der Waals surface area contributed by atoms with Crippen molar-refractivity contribution in [2.45, 2.75) is 111 Å². The number of urea groups is 1. The SMILES string of the molecule is CC(C)NC(=O)N(C(=O)[C@H]1CC[C@H]2[C@@H]3CC[C@H]4NC(=O)CC(Cc5ccccc5)[C@]4(C)[C@H]3CC[C@]12C)C(C)C. The molecule has 4 aliphatic rings. The number of piperidine rings is 1. The van der Waals surface area contributed by atoms with Crippen molar-refractivity contribution >= 4 is 17.8 Å². The molecule has 2 N–H and O–H groups in total. The van der Waals surface area contributed by atoms with Crippen molar-refractivity contribution in [3.05, 3.63) is 35.9 Å². The van der Waals surface area contributed by atoms with E-state index in [1.54, 1.807) is 0 Å². The van der Waals surface area contributed by atoms with Gasteiger partial charge in [-0.2, -0.15) is 0 Å². The molecular formula is C33H49N3O3. The summed E-state index contributed by atoms with van der Waals surface area (Å²) in [5.74, 6) is 2.03. The molecule has 8 atom stereocenters. The predicted molar refractivity (Wildman–Crippen MR) is 154 cm³/mol. The van der Waals surface area contributed by atoms with Gasteiger partial charge in [-0.25, -0.2) is 4.79 Å². The molecule has 4 amide bonds. The first-order chi connectivity index (χ1) is 18.5. The van der Waals surface area contributed by atoms with Crippen LogP contribution in [-0.2, 0) is 16.0 Å². The fraction of sp³-hybridized carbons (Fsp3) is 0.727. The second kappa shape index (κ2) is 10.6. The second-order valence-electron chi connectivity index (χ2n) is 14.1. The smallest absolute Gasteiger partial charge is 0.324 e. The van der Waals surface area contributed by atoms with Gasteiger partial charge in [0, 0.05) is 30.5 Å². The molecule has 5 rings (SSSR count). The van der Waals surface area contributed by atoms with Gasteiger partial charge in [-0.05, 0) is 113 Å². The minimum Gasteiger partial charge on any atom is -0.353 e. The third-order valence-corrected chi connectivity index (χ3v) is 11.4. The maximum Gasteiger partial charge on any atom is 0.324 e. The summed E-state index contributed by atoms with van der Waals surface area (Å²) >= 11 is 0. The van der Waals surface area contributed by atoms with Gasteiger partial charge in [0.25, 0.3) is 0 Å². The highest BCUT2D eigenvalue weighted by Gasteiger charge is 2.63. The van der Waals surface area contributed by atoms with Gasteiger partial charge in [0.15, 0.2) is 0 Å². The average Bonchev–Trinajstić information content (AvgIpc) is 3.22. The van der Waals surface area contributed by atoms with E-state index in [1.165, 1.54) is 10.5 Å². The standard InChI is InChI=1S/C33H49N3O3/c1-20(2)34-31(39)36(21(3)4)30(38)27-14-13-25-24-12-15-28-33(6,26(24)16-17-32(25,27)5)23(19-29(37)35-28)18-22-10-8-7-9-11-22/h7-11,20-21,23-28H,12-19H2,1-6H3,(H,34,39)(H,35,37)/t23?,24-,25-,26-,27+,28+,32-,33+/m0/s1. The van der Waals surface area contributed by atoms with Crippen LogP contribution in [-0.4, -0.2) is 40.9 Å². The van der Waals surface area contributed by atoms with Gasteiger partial charge >= 0.3 is 6.03 Å². The third kappa shape index (κ3) is 4.80. The Labute approximate surface area is 235 Å². The number of fused-ring (bicyclic) bond motifs is 5. The molecule has 3 saturated carbocycles. The van der Waals surface area contributed by atoms with Gasteiger partial charge in [-0.3, -0.25) is 14.5 Å². The molecule has 1 unspecified atom stereocenters. The van der Waals surface area contributed by atoms with Crippen LogP contribution in [0.3, 0.4) is 0 Å². The first-order valence-corrected chi connectivity index (χ1v) is 15.4. The van der Waals surface area contributed by atoms with Crippen molar-refractivity contribution < 1.29 is 14.4 Å². The summed E-state index contributed by atoms with van der Waals surface area (Å²) < 4.78 is 0. The van der Waals surface area contributed by atoms with Gasteiger partial charge in [-0.1, -0.05) is 44.2 Å². The molecule has 1 heterocycles. The molecule has 0 bridgehead atoms. The van der Waals surface area contributed by atoms with Crippen LogP contribution in [0.2, 0.25) is 0 Å². The van der Waals surface area contributed by atoms with Crippen LogP contribution >= 0.6 is 0 Å². The van der Waals surface area contributed by atoms with Crippen LogP contribution in [0.4, 0.5) is 4.79 Å². The Morgan fingerprint density at radius 2 is 1.72 bits per heavy atom. The van der Waals surface area contributed by atoms with Crippen LogP contribution in [0.25, 0.3) is 0 Å². The normalized spacial score (nSPS) is 37.5.